The number of fused-ring (bicyclic) bond motifs is 2. The minimum Gasteiger partial charge on any atom is -0.454 e. The molecule has 0 radical (unpaired) electrons. The highest BCUT2D eigenvalue weighted by atomic mass is 16.7. The van der Waals surface area contributed by atoms with E-state index in [9.17, 15) is 0 Å². The number of benzene rings is 2. The van der Waals surface area contributed by atoms with E-state index >= 15 is 0 Å². The summed E-state index contributed by atoms with van der Waals surface area (Å²) in [6.45, 7) is 0.254. The average Bonchev–Trinajstić information content (AvgIpc) is 2.92. The van der Waals surface area contributed by atoms with Crippen molar-refractivity contribution in [3.8, 4) is 22.8 Å². The molecule has 0 saturated carbocycles. The van der Waals surface area contributed by atoms with Gasteiger partial charge >= 0.3 is 0 Å². The van der Waals surface area contributed by atoms with E-state index < -0.39 is 0 Å². The van der Waals surface area contributed by atoms with Crippen molar-refractivity contribution in [3.05, 3.63) is 42.6 Å². The highest BCUT2D eigenvalue weighted by molar-refractivity contribution is 5.96. The second kappa shape index (κ2) is 4.09. The molecule has 20 heavy (non-hydrogen) atoms. The molecule has 0 spiro atoms. The smallest absolute Gasteiger partial charge is 0.231 e. The molecule has 5 heteroatoms. The van der Waals surface area contributed by atoms with E-state index in [2.05, 4.69) is 10.2 Å². The number of rotatable bonds is 1. The third kappa shape index (κ3) is 1.64. The Kier molecular flexibility index (Phi) is 2.26. The first kappa shape index (κ1) is 11.0. The quantitative estimate of drug-likeness (QED) is 0.685. The van der Waals surface area contributed by atoms with Crippen LogP contribution < -0.4 is 15.2 Å². The maximum absolute atomic E-state index is 5.72. The lowest BCUT2D eigenvalue weighted by molar-refractivity contribution is 0.174. The van der Waals surface area contributed by atoms with Crippen LogP contribution in [0.15, 0.2) is 42.6 Å². The van der Waals surface area contributed by atoms with E-state index in [1.807, 2.05) is 36.4 Å². The zero-order chi connectivity index (χ0) is 13.5. The predicted octanol–water partition coefficient (Wildman–Crippen LogP) is 2.61. The van der Waals surface area contributed by atoms with Crippen LogP contribution in [-0.2, 0) is 0 Å². The molecule has 5 nitrogen and oxygen atoms in total. The largest absolute Gasteiger partial charge is 0.454 e. The molecule has 0 atom stereocenters. The van der Waals surface area contributed by atoms with Gasteiger partial charge in [-0.25, -0.2) is 0 Å². The standard InChI is InChI=1S/C15H11N3O2/c16-11-3-1-9(2-4-11)15-12-6-14-13(19-8-20-14)5-10(12)7-17-18-15/h1-7H,8,16H2. The molecule has 0 aliphatic carbocycles. The van der Waals surface area contributed by atoms with E-state index in [0.717, 1.165) is 39.2 Å². The summed E-state index contributed by atoms with van der Waals surface area (Å²) in [4.78, 5) is 0. The molecule has 4 rings (SSSR count). The highest BCUT2D eigenvalue weighted by Gasteiger charge is 2.16. The number of anilines is 1. The fourth-order valence-electron chi connectivity index (χ4n) is 2.33. The zero-order valence-electron chi connectivity index (χ0n) is 10.5. The van der Waals surface area contributed by atoms with Crippen molar-refractivity contribution in [2.24, 2.45) is 0 Å². The molecule has 0 amide bonds. The molecule has 1 aliphatic rings. The number of nitrogens with zero attached hydrogens (tertiary/aromatic N) is 2. The molecule has 98 valence electrons. The number of nitrogen functional groups attached to an aromatic ring is 1. The van der Waals surface area contributed by atoms with Crippen LogP contribution in [0.1, 0.15) is 0 Å². The van der Waals surface area contributed by atoms with E-state index in [4.69, 9.17) is 15.2 Å². The van der Waals surface area contributed by atoms with Crippen LogP contribution >= 0.6 is 0 Å². The average molecular weight is 265 g/mol. The summed E-state index contributed by atoms with van der Waals surface area (Å²) in [6.07, 6.45) is 1.72. The van der Waals surface area contributed by atoms with Crippen molar-refractivity contribution < 1.29 is 9.47 Å². The summed E-state index contributed by atoms with van der Waals surface area (Å²) in [6, 6.07) is 11.4. The topological polar surface area (TPSA) is 70.3 Å². The van der Waals surface area contributed by atoms with Gasteiger partial charge in [-0.3, -0.25) is 0 Å². The number of aromatic nitrogens is 2. The third-order valence-corrected chi connectivity index (χ3v) is 3.34. The Hall–Kier alpha value is -2.82. The van der Waals surface area contributed by atoms with Crippen molar-refractivity contribution in [2.45, 2.75) is 0 Å². The Morgan fingerprint density at radius 2 is 1.75 bits per heavy atom. The molecule has 3 aromatic rings. The number of ether oxygens (including phenoxy) is 2. The van der Waals surface area contributed by atoms with Crippen LogP contribution in [0, 0.1) is 0 Å². The molecular formula is C15H11N3O2. The lowest BCUT2D eigenvalue weighted by atomic mass is 10.0. The second-order valence-corrected chi connectivity index (χ2v) is 4.61. The first-order chi connectivity index (χ1) is 9.81. The van der Waals surface area contributed by atoms with Crippen LogP contribution in [0.25, 0.3) is 22.0 Å². The maximum atomic E-state index is 5.72. The minimum absolute atomic E-state index is 0.254. The van der Waals surface area contributed by atoms with Gasteiger partial charge in [0.2, 0.25) is 6.79 Å². The normalized spacial score (nSPS) is 12.8. The maximum Gasteiger partial charge on any atom is 0.231 e. The zero-order valence-corrected chi connectivity index (χ0v) is 10.5. The molecule has 0 bridgehead atoms. The number of hydrogen-bond acceptors (Lipinski definition) is 5. The summed E-state index contributed by atoms with van der Waals surface area (Å²) < 4.78 is 10.8. The van der Waals surface area contributed by atoms with E-state index in [0.29, 0.717) is 0 Å². The molecular weight excluding hydrogens is 254 g/mol. The second-order valence-electron chi connectivity index (χ2n) is 4.61. The summed E-state index contributed by atoms with van der Waals surface area (Å²) in [5, 5.41) is 10.3. The van der Waals surface area contributed by atoms with E-state index in [1.54, 1.807) is 6.20 Å². The lowest BCUT2D eigenvalue weighted by Crippen LogP contribution is -1.92. The van der Waals surface area contributed by atoms with Gasteiger partial charge in [-0.2, -0.15) is 5.10 Å². The van der Waals surface area contributed by atoms with Gasteiger partial charge in [0.1, 0.15) is 5.69 Å². The van der Waals surface area contributed by atoms with Crippen LogP contribution in [-0.4, -0.2) is 17.0 Å². The fraction of sp³-hybridized carbons (Fsp3) is 0.0667. The molecule has 2 aromatic carbocycles. The van der Waals surface area contributed by atoms with Crippen molar-refractivity contribution >= 4 is 16.5 Å². The molecule has 0 unspecified atom stereocenters. The van der Waals surface area contributed by atoms with Gasteiger partial charge in [0.15, 0.2) is 11.5 Å². The molecule has 0 saturated heterocycles. The lowest BCUT2D eigenvalue weighted by Gasteiger charge is -2.06. The Bertz CT molecular complexity index is 800. The van der Waals surface area contributed by atoms with Crippen molar-refractivity contribution in [1.82, 2.24) is 10.2 Å². The van der Waals surface area contributed by atoms with E-state index in [-0.39, 0.29) is 6.79 Å². The molecule has 2 heterocycles. The first-order valence-corrected chi connectivity index (χ1v) is 6.22. The first-order valence-electron chi connectivity index (χ1n) is 6.22. The van der Waals surface area contributed by atoms with Gasteiger partial charge in [0.05, 0.1) is 6.20 Å². The minimum atomic E-state index is 0.254. The van der Waals surface area contributed by atoms with Gasteiger partial charge < -0.3 is 15.2 Å². The molecule has 1 aromatic heterocycles. The molecule has 0 fully saturated rings. The Morgan fingerprint density at radius 1 is 1.00 bits per heavy atom. The summed E-state index contributed by atoms with van der Waals surface area (Å²) in [5.41, 5.74) is 8.22. The van der Waals surface area contributed by atoms with Gasteiger partial charge in [-0.05, 0) is 24.3 Å². The molecule has 2 N–H and O–H groups in total. The van der Waals surface area contributed by atoms with Crippen molar-refractivity contribution in [1.29, 1.82) is 0 Å². The van der Waals surface area contributed by atoms with E-state index in [1.165, 1.54) is 0 Å². The van der Waals surface area contributed by atoms with Crippen LogP contribution in [0.5, 0.6) is 11.5 Å². The van der Waals surface area contributed by atoms with Gasteiger partial charge in [-0.1, -0.05) is 12.1 Å². The van der Waals surface area contributed by atoms with Gasteiger partial charge in [0.25, 0.3) is 0 Å². The van der Waals surface area contributed by atoms with Gasteiger partial charge in [0, 0.05) is 22.0 Å². The predicted molar refractivity (Wildman–Crippen MR) is 75.5 cm³/mol. The van der Waals surface area contributed by atoms with Crippen molar-refractivity contribution in [2.75, 3.05) is 12.5 Å². The van der Waals surface area contributed by atoms with Crippen LogP contribution in [0.3, 0.4) is 0 Å². The van der Waals surface area contributed by atoms with Crippen molar-refractivity contribution in [3.63, 3.8) is 0 Å². The molecule has 1 aliphatic heterocycles. The summed E-state index contributed by atoms with van der Waals surface area (Å²) in [7, 11) is 0. The monoisotopic (exact) mass is 265 g/mol. The Balaban J connectivity index is 1.97. The summed E-state index contributed by atoms with van der Waals surface area (Å²) in [5.74, 6) is 1.48. The summed E-state index contributed by atoms with van der Waals surface area (Å²) >= 11 is 0. The highest BCUT2D eigenvalue weighted by Crippen LogP contribution is 2.38. The van der Waals surface area contributed by atoms with Gasteiger partial charge in [-0.15, -0.1) is 5.10 Å². The number of hydrogen-bond donors (Lipinski definition) is 1. The van der Waals surface area contributed by atoms with Crippen LogP contribution in [0.4, 0.5) is 5.69 Å². The Labute approximate surface area is 115 Å². The Morgan fingerprint density at radius 3 is 2.55 bits per heavy atom. The van der Waals surface area contributed by atoms with Crippen LogP contribution in [0.2, 0.25) is 0 Å². The third-order valence-electron chi connectivity index (χ3n) is 3.34. The SMILES string of the molecule is Nc1ccc(-c2nncc3cc4c(cc23)OCO4)cc1. The number of nitrogens with two attached hydrogens (primary N) is 1. The fourth-order valence-corrected chi connectivity index (χ4v) is 2.33.